The Morgan fingerprint density at radius 3 is 2.93 bits per heavy atom. The number of thiazole rings is 1. The van der Waals surface area contributed by atoms with Crippen molar-refractivity contribution in [3.63, 3.8) is 0 Å². The van der Waals surface area contributed by atoms with Gasteiger partial charge in [-0.15, -0.1) is 11.3 Å². The maximum atomic E-state index is 5.73. The van der Waals surface area contributed by atoms with Crippen LogP contribution in [-0.4, -0.2) is 4.98 Å². The summed E-state index contributed by atoms with van der Waals surface area (Å²) in [4.78, 5) is 5.16. The van der Waals surface area contributed by atoms with E-state index in [0.29, 0.717) is 6.61 Å². The smallest absolute Gasteiger partial charge is 0.124 e. The molecule has 3 heteroatoms. The molecule has 2 rings (SSSR count). The molecule has 0 bridgehead atoms. The van der Waals surface area contributed by atoms with Crippen molar-refractivity contribution in [2.45, 2.75) is 20.5 Å². The van der Waals surface area contributed by atoms with E-state index in [1.807, 2.05) is 23.8 Å². The molecule has 78 valence electrons. The molecule has 0 radical (unpaired) electrons. The van der Waals surface area contributed by atoms with E-state index in [-0.39, 0.29) is 0 Å². The molecular formula is C12H13NOS. The minimum Gasteiger partial charge on any atom is -0.488 e. The highest BCUT2D eigenvalue weighted by atomic mass is 32.1. The van der Waals surface area contributed by atoms with Gasteiger partial charge in [0.1, 0.15) is 12.4 Å². The summed E-state index contributed by atoms with van der Waals surface area (Å²) < 4.78 is 5.73. The molecule has 2 nitrogen and oxygen atoms in total. The lowest BCUT2D eigenvalue weighted by Crippen LogP contribution is -1.95. The Balaban J connectivity index is 2.08. The van der Waals surface area contributed by atoms with E-state index in [1.54, 1.807) is 11.3 Å². The summed E-state index contributed by atoms with van der Waals surface area (Å²) in [7, 11) is 0. The van der Waals surface area contributed by atoms with Crippen molar-refractivity contribution < 1.29 is 4.74 Å². The first-order valence-electron chi connectivity index (χ1n) is 4.84. The number of aromatic nitrogens is 1. The Morgan fingerprint density at radius 2 is 2.20 bits per heavy atom. The van der Waals surface area contributed by atoms with E-state index in [2.05, 4.69) is 24.9 Å². The van der Waals surface area contributed by atoms with Gasteiger partial charge in [-0.05, 0) is 31.0 Å². The SMILES string of the molecule is Cc1cccc(OCc2cncs2)c1C. The van der Waals surface area contributed by atoms with Gasteiger partial charge in [-0.25, -0.2) is 0 Å². The normalized spacial score (nSPS) is 10.3. The van der Waals surface area contributed by atoms with Crippen LogP contribution in [0.5, 0.6) is 5.75 Å². The van der Waals surface area contributed by atoms with E-state index in [1.165, 1.54) is 11.1 Å². The molecule has 0 spiro atoms. The molecular weight excluding hydrogens is 206 g/mol. The molecule has 0 aliphatic carbocycles. The lowest BCUT2D eigenvalue weighted by molar-refractivity contribution is 0.307. The zero-order valence-electron chi connectivity index (χ0n) is 8.86. The molecule has 0 aliphatic heterocycles. The maximum absolute atomic E-state index is 5.73. The number of benzene rings is 1. The summed E-state index contributed by atoms with van der Waals surface area (Å²) in [6.07, 6.45) is 1.84. The van der Waals surface area contributed by atoms with Gasteiger partial charge in [-0.3, -0.25) is 4.98 Å². The number of hydrogen-bond donors (Lipinski definition) is 0. The van der Waals surface area contributed by atoms with Crippen molar-refractivity contribution in [2.75, 3.05) is 0 Å². The second-order valence-corrected chi connectivity index (χ2v) is 4.43. The monoisotopic (exact) mass is 219 g/mol. The van der Waals surface area contributed by atoms with Gasteiger partial charge < -0.3 is 4.74 Å². The summed E-state index contributed by atoms with van der Waals surface area (Å²) in [5.74, 6) is 0.961. The van der Waals surface area contributed by atoms with Crippen molar-refractivity contribution >= 4 is 11.3 Å². The number of hydrogen-bond acceptors (Lipinski definition) is 3. The van der Waals surface area contributed by atoms with Crippen LogP contribution in [0.3, 0.4) is 0 Å². The summed E-state index contributed by atoms with van der Waals surface area (Å²) in [6, 6.07) is 6.11. The number of ether oxygens (including phenoxy) is 1. The third kappa shape index (κ3) is 2.36. The van der Waals surface area contributed by atoms with Crippen LogP contribution in [0, 0.1) is 13.8 Å². The first-order valence-corrected chi connectivity index (χ1v) is 5.71. The van der Waals surface area contributed by atoms with Gasteiger partial charge in [0.2, 0.25) is 0 Å². The zero-order chi connectivity index (χ0) is 10.7. The summed E-state index contributed by atoms with van der Waals surface area (Å²) in [5.41, 5.74) is 4.29. The third-order valence-corrected chi connectivity index (χ3v) is 3.16. The molecule has 0 fully saturated rings. The molecule has 15 heavy (non-hydrogen) atoms. The van der Waals surface area contributed by atoms with Crippen LogP contribution >= 0.6 is 11.3 Å². The average molecular weight is 219 g/mol. The molecule has 1 aromatic carbocycles. The number of rotatable bonds is 3. The largest absolute Gasteiger partial charge is 0.488 e. The minimum absolute atomic E-state index is 0.606. The van der Waals surface area contributed by atoms with E-state index >= 15 is 0 Å². The highest BCUT2D eigenvalue weighted by Crippen LogP contribution is 2.22. The highest BCUT2D eigenvalue weighted by Gasteiger charge is 2.02. The number of nitrogens with zero attached hydrogens (tertiary/aromatic N) is 1. The van der Waals surface area contributed by atoms with Gasteiger partial charge in [0.25, 0.3) is 0 Å². The Bertz CT molecular complexity index is 437. The molecule has 0 aliphatic rings. The molecule has 1 aromatic heterocycles. The van der Waals surface area contributed by atoms with Crippen LogP contribution in [0.2, 0.25) is 0 Å². The van der Waals surface area contributed by atoms with Gasteiger partial charge in [0, 0.05) is 6.20 Å². The molecule has 0 saturated heterocycles. The lowest BCUT2D eigenvalue weighted by Gasteiger charge is -2.09. The van der Waals surface area contributed by atoms with Crippen LogP contribution in [0.25, 0.3) is 0 Å². The first-order chi connectivity index (χ1) is 7.27. The first kappa shape index (κ1) is 10.2. The second-order valence-electron chi connectivity index (χ2n) is 3.45. The quantitative estimate of drug-likeness (QED) is 0.790. The van der Waals surface area contributed by atoms with Crippen LogP contribution in [0.4, 0.5) is 0 Å². The maximum Gasteiger partial charge on any atom is 0.124 e. The average Bonchev–Trinajstić information content (AvgIpc) is 2.73. The second kappa shape index (κ2) is 4.45. The van der Waals surface area contributed by atoms with Crippen molar-refractivity contribution in [3.8, 4) is 5.75 Å². The van der Waals surface area contributed by atoms with Crippen molar-refractivity contribution in [3.05, 3.63) is 45.9 Å². The van der Waals surface area contributed by atoms with E-state index in [9.17, 15) is 0 Å². The minimum atomic E-state index is 0.606. The Hall–Kier alpha value is -1.35. The predicted molar refractivity (Wildman–Crippen MR) is 62.4 cm³/mol. The van der Waals surface area contributed by atoms with E-state index in [4.69, 9.17) is 4.74 Å². The Kier molecular flexibility index (Phi) is 3.02. The molecule has 0 amide bonds. The van der Waals surface area contributed by atoms with Crippen LogP contribution < -0.4 is 4.74 Å². The van der Waals surface area contributed by atoms with Crippen LogP contribution in [0.1, 0.15) is 16.0 Å². The molecule has 0 unspecified atom stereocenters. The fourth-order valence-corrected chi connectivity index (χ4v) is 1.85. The van der Waals surface area contributed by atoms with Gasteiger partial charge in [-0.1, -0.05) is 12.1 Å². The standard InChI is InChI=1S/C12H13NOS/c1-9-4-3-5-12(10(9)2)14-7-11-6-13-8-15-11/h3-6,8H,7H2,1-2H3. The summed E-state index contributed by atoms with van der Waals surface area (Å²) >= 11 is 1.62. The Labute approximate surface area is 93.6 Å². The zero-order valence-corrected chi connectivity index (χ0v) is 9.67. The summed E-state index contributed by atoms with van der Waals surface area (Å²) in [6.45, 7) is 4.78. The molecule has 0 saturated carbocycles. The molecule has 0 N–H and O–H groups in total. The number of aryl methyl sites for hydroxylation is 1. The fourth-order valence-electron chi connectivity index (χ4n) is 1.34. The predicted octanol–water partition coefficient (Wildman–Crippen LogP) is 3.34. The summed E-state index contributed by atoms with van der Waals surface area (Å²) in [5, 5.41) is 0. The highest BCUT2D eigenvalue weighted by molar-refractivity contribution is 7.09. The molecule has 0 atom stereocenters. The van der Waals surface area contributed by atoms with Crippen molar-refractivity contribution in [2.24, 2.45) is 0 Å². The lowest BCUT2D eigenvalue weighted by atomic mass is 10.1. The van der Waals surface area contributed by atoms with Gasteiger partial charge in [0.15, 0.2) is 0 Å². The fraction of sp³-hybridized carbons (Fsp3) is 0.250. The topological polar surface area (TPSA) is 22.1 Å². The molecule has 1 heterocycles. The van der Waals surface area contributed by atoms with Crippen LogP contribution in [-0.2, 0) is 6.61 Å². The Morgan fingerprint density at radius 1 is 1.33 bits per heavy atom. The van der Waals surface area contributed by atoms with E-state index < -0.39 is 0 Å². The van der Waals surface area contributed by atoms with Gasteiger partial charge in [0.05, 0.1) is 10.4 Å². The van der Waals surface area contributed by atoms with Gasteiger partial charge in [-0.2, -0.15) is 0 Å². The van der Waals surface area contributed by atoms with Crippen molar-refractivity contribution in [1.29, 1.82) is 0 Å². The van der Waals surface area contributed by atoms with Crippen LogP contribution in [0.15, 0.2) is 29.9 Å². The van der Waals surface area contributed by atoms with Crippen molar-refractivity contribution in [1.82, 2.24) is 4.98 Å². The van der Waals surface area contributed by atoms with Gasteiger partial charge >= 0.3 is 0 Å². The van der Waals surface area contributed by atoms with E-state index in [0.717, 1.165) is 10.6 Å². The molecule has 2 aromatic rings. The third-order valence-electron chi connectivity index (χ3n) is 2.41.